The molecule has 0 spiro atoms. The van der Waals surface area contributed by atoms with Gasteiger partial charge in [0.25, 0.3) is 5.91 Å². The number of nitrogens with zero attached hydrogens (tertiary/aromatic N) is 1. The van der Waals surface area contributed by atoms with Crippen LogP contribution in [0.5, 0.6) is 0 Å². The summed E-state index contributed by atoms with van der Waals surface area (Å²) in [5.41, 5.74) is 3.89. The first kappa shape index (κ1) is 21.7. The Kier molecular flexibility index (Phi) is 5.53. The number of nitrogens with one attached hydrogen (secondary N) is 3. The zero-order chi connectivity index (χ0) is 23.8. The molecule has 1 unspecified atom stereocenters. The molecule has 2 aliphatic rings. The lowest BCUT2D eigenvalue weighted by molar-refractivity contribution is -0.136. The van der Waals surface area contributed by atoms with Crippen LogP contribution in [0.1, 0.15) is 45.7 Å². The first-order valence-corrected chi connectivity index (χ1v) is 11.2. The third-order valence-electron chi connectivity index (χ3n) is 6.40. The number of piperidine rings is 1. The standard InChI is InChI=1S/C25H24N4O5/c1-14-17-4-2-3-5-20(17)34-21(14)12-27-25(33)26-11-15-6-7-16-13-29(24(32)18(16)10-15)19-8-9-22(30)28-23(19)31/h2-7,10,19H,8-9,11-13H2,1H3,(H2,26,27,33)(H,28,30,31). The zero-order valence-corrected chi connectivity index (χ0v) is 18.6. The van der Waals surface area contributed by atoms with E-state index in [9.17, 15) is 19.2 Å². The summed E-state index contributed by atoms with van der Waals surface area (Å²) in [5.74, 6) is -0.285. The minimum absolute atomic E-state index is 0.217. The second-order valence-corrected chi connectivity index (χ2v) is 8.57. The number of imide groups is 1. The fourth-order valence-electron chi connectivity index (χ4n) is 4.51. The van der Waals surface area contributed by atoms with E-state index in [1.165, 1.54) is 4.90 Å². The average molecular weight is 460 g/mol. The number of urea groups is 1. The number of hydrogen-bond acceptors (Lipinski definition) is 5. The van der Waals surface area contributed by atoms with Gasteiger partial charge in [-0.2, -0.15) is 0 Å². The molecule has 0 radical (unpaired) electrons. The molecule has 1 aromatic heterocycles. The van der Waals surface area contributed by atoms with E-state index in [-0.39, 0.29) is 37.4 Å². The third-order valence-corrected chi connectivity index (χ3v) is 6.40. The van der Waals surface area contributed by atoms with Crippen molar-refractivity contribution in [2.24, 2.45) is 0 Å². The smallest absolute Gasteiger partial charge is 0.315 e. The maximum absolute atomic E-state index is 12.9. The van der Waals surface area contributed by atoms with Crippen LogP contribution in [0.2, 0.25) is 0 Å². The predicted octanol–water partition coefficient (Wildman–Crippen LogP) is 2.50. The number of furan rings is 1. The molecule has 3 N–H and O–H groups in total. The van der Waals surface area contributed by atoms with Crippen molar-refractivity contribution in [3.63, 3.8) is 0 Å². The highest BCUT2D eigenvalue weighted by Crippen LogP contribution is 2.28. The van der Waals surface area contributed by atoms with E-state index < -0.39 is 11.9 Å². The number of rotatable bonds is 5. The number of carbonyl (C=O) groups is 4. The van der Waals surface area contributed by atoms with Crippen molar-refractivity contribution in [2.75, 3.05) is 0 Å². The van der Waals surface area contributed by atoms with Crippen LogP contribution in [0.15, 0.2) is 46.9 Å². The molecule has 0 bridgehead atoms. The Morgan fingerprint density at radius 2 is 1.91 bits per heavy atom. The van der Waals surface area contributed by atoms with Gasteiger partial charge in [0, 0.05) is 36.0 Å². The third kappa shape index (κ3) is 4.00. The second kappa shape index (κ2) is 8.66. The summed E-state index contributed by atoms with van der Waals surface area (Å²) in [4.78, 5) is 50.4. The van der Waals surface area contributed by atoms with E-state index in [0.29, 0.717) is 24.3 Å². The highest BCUT2D eigenvalue weighted by molar-refractivity contribution is 6.05. The maximum Gasteiger partial charge on any atom is 0.315 e. The molecular weight excluding hydrogens is 436 g/mol. The normalized spacial score (nSPS) is 17.6. The van der Waals surface area contributed by atoms with Crippen LogP contribution >= 0.6 is 0 Å². The predicted molar refractivity (Wildman–Crippen MR) is 123 cm³/mol. The zero-order valence-electron chi connectivity index (χ0n) is 18.6. The van der Waals surface area contributed by atoms with Crippen LogP contribution in [0.3, 0.4) is 0 Å². The SMILES string of the molecule is Cc1c(CNC(=O)NCc2ccc3c(c2)C(=O)N(C2CCC(=O)NC2=O)C3)oc2ccccc12. The summed E-state index contributed by atoms with van der Waals surface area (Å²) in [6.45, 7) is 2.78. The van der Waals surface area contributed by atoms with Crippen molar-refractivity contribution in [3.8, 4) is 0 Å². The fourth-order valence-corrected chi connectivity index (χ4v) is 4.51. The Hall–Kier alpha value is -4.14. The highest BCUT2D eigenvalue weighted by atomic mass is 16.3. The fraction of sp³-hybridized carbons (Fsp3) is 0.280. The summed E-state index contributed by atoms with van der Waals surface area (Å²) in [6, 6.07) is 12.2. The van der Waals surface area contributed by atoms with Gasteiger partial charge in [-0.25, -0.2) is 4.79 Å². The van der Waals surface area contributed by atoms with Crippen LogP contribution in [-0.2, 0) is 29.2 Å². The van der Waals surface area contributed by atoms with Crippen LogP contribution in [0, 0.1) is 6.92 Å². The first-order chi connectivity index (χ1) is 16.4. The lowest BCUT2D eigenvalue weighted by Crippen LogP contribution is -2.52. The number of benzene rings is 2. The quantitative estimate of drug-likeness (QED) is 0.505. The topological polar surface area (TPSA) is 121 Å². The summed E-state index contributed by atoms with van der Waals surface area (Å²) in [7, 11) is 0. The number of carbonyl (C=O) groups excluding carboxylic acids is 4. The molecule has 0 aliphatic carbocycles. The molecule has 0 saturated carbocycles. The van der Waals surface area contributed by atoms with Crippen LogP contribution in [-0.4, -0.2) is 34.7 Å². The Labute approximate surface area is 195 Å². The van der Waals surface area contributed by atoms with Gasteiger partial charge in [-0.05, 0) is 36.6 Å². The number of hydrogen-bond donors (Lipinski definition) is 3. The molecule has 174 valence electrons. The van der Waals surface area contributed by atoms with Crippen molar-refractivity contribution >= 4 is 34.7 Å². The molecule has 1 atom stereocenters. The molecule has 5 rings (SSSR count). The number of amides is 5. The van der Waals surface area contributed by atoms with Gasteiger partial charge in [0.1, 0.15) is 17.4 Å². The minimum atomic E-state index is -0.647. The van der Waals surface area contributed by atoms with E-state index >= 15 is 0 Å². The highest BCUT2D eigenvalue weighted by Gasteiger charge is 2.39. The second-order valence-electron chi connectivity index (χ2n) is 8.57. The van der Waals surface area contributed by atoms with Crippen molar-refractivity contribution in [1.82, 2.24) is 20.9 Å². The minimum Gasteiger partial charge on any atom is -0.459 e. The number of fused-ring (bicyclic) bond motifs is 2. The van der Waals surface area contributed by atoms with E-state index in [0.717, 1.165) is 27.7 Å². The monoisotopic (exact) mass is 460 g/mol. The summed E-state index contributed by atoms with van der Waals surface area (Å²) < 4.78 is 5.82. The Bertz CT molecular complexity index is 1330. The Morgan fingerprint density at radius 3 is 2.71 bits per heavy atom. The van der Waals surface area contributed by atoms with Crippen molar-refractivity contribution in [1.29, 1.82) is 0 Å². The Morgan fingerprint density at radius 1 is 1.12 bits per heavy atom. The van der Waals surface area contributed by atoms with E-state index in [1.54, 1.807) is 6.07 Å². The number of aryl methyl sites for hydroxylation is 1. The first-order valence-electron chi connectivity index (χ1n) is 11.2. The molecule has 9 nitrogen and oxygen atoms in total. The molecule has 3 aromatic rings. The summed E-state index contributed by atoms with van der Waals surface area (Å²) in [6.07, 6.45) is 0.540. The van der Waals surface area contributed by atoms with Crippen molar-refractivity contribution in [2.45, 2.75) is 45.4 Å². The Balaban J connectivity index is 1.18. The molecule has 2 aliphatic heterocycles. The van der Waals surface area contributed by atoms with E-state index in [1.807, 2.05) is 43.3 Å². The van der Waals surface area contributed by atoms with Gasteiger partial charge in [0.15, 0.2) is 0 Å². The number of para-hydroxylation sites is 1. The molecule has 2 aromatic carbocycles. The lowest BCUT2D eigenvalue weighted by atomic mass is 10.0. The lowest BCUT2D eigenvalue weighted by Gasteiger charge is -2.29. The van der Waals surface area contributed by atoms with Gasteiger partial charge in [0.05, 0.1) is 6.54 Å². The summed E-state index contributed by atoms with van der Waals surface area (Å²) in [5, 5.41) is 8.92. The van der Waals surface area contributed by atoms with Gasteiger partial charge in [0.2, 0.25) is 11.8 Å². The van der Waals surface area contributed by atoms with Crippen molar-refractivity contribution < 1.29 is 23.6 Å². The van der Waals surface area contributed by atoms with Crippen molar-refractivity contribution in [3.05, 3.63) is 70.5 Å². The average Bonchev–Trinajstić information content (AvgIpc) is 3.33. The van der Waals surface area contributed by atoms with E-state index in [4.69, 9.17) is 4.42 Å². The molecule has 3 heterocycles. The molecule has 1 fully saturated rings. The van der Waals surface area contributed by atoms with Crippen LogP contribution in [0.25, 0.3) is 11.0 Å². The molecule has 9 heteroatoms. The largest absolute Gasteiger partial charge is 0.459 e. The molecule has 5 amide bonds. The molecule has 1 saturated heterocycles. The summed E-state index contributed by atoms with van der Waals surface area (Å²) >= 11 is 0. The molecular formula is C25H24N4O5. The van der Waals surface area contributed by atoms with Crippen LogP contribution in [0.4, 0.5) is 4.79 Å². The molecule has 34 heavy (non-hydrogen) atoms. The van der Waals surface area contributed by atoms with Crippen LogP contribution < -0.4 is 16.0 Å². The van der Waals surface area contributed by atoms with Gasteiger partial charge >= 0.3 is 6.03 Å². The maximum atomic E-state index is 12.9. The van der Waals surface area contributed by atoms with Gasteiger partial charge < -0.3 is 20.0 Å². The van der Waals surface area contributed by atoms with E-state index in [2.05, 4.69) is 16.0 Å². The van der Waals surface area contributed by atoms with Gasteiger partial charge in [-0.15, -0.1) is 0 Å². The van der Waals surface area contributed by atoms with Gasteiger partial charge in [-0.3, -0.25) is 19.7 Å². The van der Waals surface area contributed by atoms with Gasteiger partial charge in [-0.1, -0.05) is 30.3 Å².